The van der Waals surface area contributed by atoms with Crippen molar-refractivity contribution < 1.29 is 19.2 Å². The average molecular weight is 520 g/mol. The van der Waals surface area contributed by atoms with Crippen LogP contribution in [0.4, 0.5) is 11.6 Å². The van der Waals surface area contributed by atoms with Gasteiger partial charge in [-0.1, -0.05) is 44.2 Å². The largest absolute Gasteiger partial charge is 0.496 e. The Balaban J connectivity index is 1.80. The molecule has 2 aromatic carbocycles. The van der Waals surface area contributed by atoms with Crippen molar-refractivity contribution in [2.75, 3.05) is 25.5 Å². The summed E-state index contributed by atoms with van der Waals surface area (Å²) in [6.45, 7) is 10.0. The van der Waals surface area contributed by atoms with E-state index >= 15 is 0 Å². The van der Waals surface area contributed by atoms with Crippen LogP contribution in [0.25, 0.3) is 0 Å². The van der Waals surface area contributed by atoms with E-state index in [1.54, 1.807) is 39.3 Å². The number of non-ortho nitro benzene ring substituents is 1. The molecule has 1 aliphatic heterocycles. The number of aromatic nitrogens is 2. The van der Waals surface area contributed by atoms with Crippen LogP contribution in [0.2, 0.25) is 0 Å². The number of nitrogens with one attached hydrogen (secondary N) is 1. The second kappa shape index (κ2) is 11.5. The number of nitro groups is 1. The van der Waals surface area contributed by atoms with E-state index < -0.39 is 23.0 Å². The Hall–Kier alpha value is -4.18. The number of nitrogens with zero attached hydrogens (tertiary/aromatic N) is 4. The Labute approximate surface area is 222 Å². The number of benzene rings is 2. The first-order chi connectivity index (χ1) is 18.3. The van der Waals surface area contributed by atoms with Crippen LogP contribution in [0.1, 0.15) is 56.7 Å². The van der Waals surface area contributed by atoms with Gasteiger partial charge in [0.2, 0.25) is 5.95 Å². The molecule has 0 saturated carbocycles. The van der Waals surface area contributed by atoms with E-state index in [1.807, 2.05) is 28.8 Å². The molecular formula is C28H33N5O5. The summed E-state index contributed by atoms with van der Waals surface area (Å²) in [6, 6.07) is 13.1. The smallest absolute Gasteiger partial charge is 0.338 e. The number of fused-ring (bicyclic) bond motifs is 1. The van der Waals surface area contributed by atoms with Gasteiger partial charge in [0, 0.05) is 29.9 Å². The van der Waals surface area contributed by atoms with Gasteiger partial charge in [0.05, 0.1) is 35.5 Å². The number of nitro benzene ring substituents is 1. The van der Waals surface area contributed by atoms with Gasteiger partial charge in [-0.3, -0.25) is 15.0 Å². The Morgan fingerprint density at radius 1 is 1.21 bits per heavy atom. The second-order valence-electron chi connectivity index (χ2n) is 9.11. The molecule has 1 aromatic heterocycles. The van der Waals surface area contributed by atoms with Crippen LogP contribution >= 0.6 is 0 Å². The summed E-state index contributed by atoms with van der Waals surface area (Å²) in [7, 11) is 1.57. The van der Waals surface area contributed by atoms with Crippen molar-refractivity contribution in [2.45, 2.75) is 46.4 Å². The molecule has 0 radical (unpaired) electrons. The Kier molecular flexibility index (Phi) is 8.11. The molecule has 1 aliphatic rings. The number of hydrogen-bond acceptors (Lipinski definition) is 8. The van der Waals surface area contributed by atoms with Crippen LogP contribution in [0, 0.1) is 10.1 Å². The minimum atomic E-state index is -0.670. The van der Waals surface area contributed by atoms with Crippen LogP contribution in [0.15, 0.2) is 66.0 Å². The molecule has 0 amide bonds. The molecule has 0 fully saturated rings. The normalized spacial score (nSPS) is 15.6. The fourth-order valence-corrected chi connectivity index (χ4v) is 4.82. The SMILES string of the molecule is CCN(CC)Cc1cnc2n1C(c1cccc([N+](=O)[O-])c1)C(C(=O)OC(C)c1ccccc1OC)=C(C)N2. The third-order valence-corrected chi connectivity index (χ3v) is 6.87. The van der Waals surface area contributed by atoms with Gasteiger partial charge in [-0.2, -0.15) is 0 Å². The topological polar surface area (TPSA) is 112 Å². The number of methoxy groups -OCH3 is 1. The zero-order valence-corrected chi connectivity index (χ0v) is 22.3. The lowest BCUT2D eigenvalue weighted by atomic mass is 9.94. The van der Waals surface area contributed by atoms with E-state index in [9.17, 15) is 14.9 Å². The van der Waals surface area contributed by atoms with E-state index in [2.05, 4.69) is 29.0 Å². The van der Waals surface area contributed by atoms with Gasteiger partial charge in [0.15, 0.2) is 0 Å². The zero-order valence-electron chi connectivity index (χ0n) is 22.3. The van der Waals surface area contributed by atoms with Crippen molar-refractivity contribution >= 4 is 17.6 Å². The molecule has 0 spiro atoms. The number of allylic oxidation sites excluding steroid dienone is 1. The van der Waals surface area contributed by atoms with Gasteiger partial charge in [-0.15, -0.1) is 0 Å². The van der Waals surface area contributed by atoms with Gasteiger partial charge in [-0.25, -0.2) is 9.78 Å². The Bertz CT molecular complexity index is 1360. The number of carbonyl (C=O) groups excluding carboxylic acids is 1. The number of carbonyl (C=O) groups is 1. The third-order valence-electron chi connectivity index (χ3n) is 6.87. The Morgan fingerprint density at radius 3 is 2.63 bits per heavy atom. The fraction of sp³-hybridized carbons (Fsp3) is 0.357. The highest BCUT2D eigenvalue weighted by Crippen LogP contribution is 2.40. The summed E-state index contributed by atoms with van der Waals surface area (Å²) in [5.41, 5.74) is 3.09. The molecular weight excluding hydrogens is 486 g/mol. The van der Waals surface area contributed by atoms with Gasteiger partial charge in [-0.05, 0) is 38.6 Å². The molecule has 3 aromatic rings. The highest BCUT2D eigenvalue weighted by Gasteiger charge is 2.36. The summed E-state index contributed by atoms with van der Waals surface area (Å²) in [5.74, 6) is 0.655. The van der Waals surface area contributed by atoms with Crippen molar-refractivity contribution in [2.24, 2.45) is 0 Å². The lowest BCUT2D eigenvalue weighted by Gasteiger charge is -2.32. The van der Waals surface area contributed by atoms with E-state index in [4.69, 9.17) is 9.47 Å². The van der Waals surface area contributed by atoms with Crippen molar-refractivity contribution in [3.05, 3.63) is 92.9 Å². The number of imidazole rings is 1. The first-order valence-electron chi connectivity index (χ1n) is 12.6. The van der Waals surface area contributed by atoms with Crippen molar-refractivity contribution in [1.29, 1.82) is 0 Å². The van der Waals surface area contributed by atoms with E-state index in [1.165, 1.54) is 12.1 Å². The number of ether oxygens (including phenoxy) is 2. The molecule has 38 heavy (non-hydrogen) atoms. The molecule has 4 rings (SSSR count). The van der Waals surface area contributed by atoms with Crippen LogP contribution < -0.4 is 10.1 Å². The van der Waals surface area contributed by atoms with E-state index in [0.717, 1.165) is 24.3 Å². The maximum atomic E-state index is 13.8. The van der Waals surface area contributed by atoms with Gasteiger partial charge >= 0.3 is 5.97 Å². The molecule has 0 bridgehead atoms. The molecule has 1 N–H and O–H groups in total. The van der Waals surface area contributed by atoms with Crippen LogP contribution in [0.3, 0.4) is 0 Å². The average Bonchev–Trinajstić information content (AvgIpc) is 3.32. The molecule has 0 aliphatic carbocycles. The lowest BCUT2D eigenvalue weighted by Crippen LogP contribution is -2.32. The van der Waals surface area contributed by atoms with Crippen molar-refractivity contribution in [3.63, 3.8) is 0 Å². The van der Waals surface area contributed by atoms with Crippen molar-refractivity contribution in [1.82, 2.24) is 14.5 Å². The van der Waals surface area contributed by atoms with Gasteiger partial charge in [0.25, 0.3) is 5.69 Å². The molecule has 0 saturated heterocycles. The number of anilines is 1. The quantitative estimate of drug-likeness (QED) is 0.220. The maximum absolute atomic E-state index is 13.8. The van der Waals surface area contributed by atoms with Crippen LogP contribution in [-0.4, -0.2) is 45.5 Å². The number of para-hydroxylation sites is 1. The number of rotatable bonds is 10. The summed E-state index contributed by atoms with van der Waals surface area (Å²) < 4.78 is 13.4. The molecule has 10 heteroatoms. The highest BCUT2D eigenvalue weighted by atomic mass is 16.6. The van der Waals surface area contributed by atoms with E-state index in [0.29, 0.717) is 35.1 Å². The number of esters is 1. The fourth-order valence-electron chi connectivity index (χ4n) is 4.82. The Morgan fingerprint density at radius 2 is 1.95 bits per heavy atom. The van der Waals surface area contributed by atoms with Crippen molar-refractivity contribution in [3.8, 4) is 5.75 Å². The summed E-state index contributed by atoms with van der Waals surface area (Å²) in [4.78, 5) is 31.8. The van der Waals surface area contributed by atoms with Crippen LogP contribution in [0.5, 0.6) is 5.75 Å². The molecule has 10 nitrogen and oxygen atoms in total. The zero-order chi connectivity index (χ0) is 27.4. The highest BCUT2D eigenvalue weighted by molar-refractivity contribution is 5.92. The standard InChI is InChI=1S/C28H33N5O5/c1-6-31(7-2)17-22-16-29-28-30-18(3)25(26(32(22)28)20-11-10-12-21(15-20)33(35)36)27(34)38-19(4)23-13-8-9-14-24(23)37-5/h8-16,19,26H,6-7,17H2,1-5H3,(H,29,30). The van der Waals surface area contributed by atoms with Gasteiger partial charge in [0.1, 0.15) is 11.9 Å². The minimum Gasteiger partial charge on any atom is -0.496 e. The predicted molar refractivity (Wildman–Crippen MR) is 144 cm³/mol. The minimum absolute atomic E-state index is 0.0549. The molecule has 2 atom stereocenters. The maximum Gasteiger partial charge on any atom is 0.338 e. The van der Waals surface area contributed by atoms with Crippen LogP contribution in [-0.2, 0) is 16.1 Å². The lowest BCUT2D eigenvalue weighted by molar-refractivity contribution is -0.384. The predicted octanol–water partition coefficient (Wildman–Crippen LogP) is 5.24. The first kappa shape index (κ1) is 26.9. The third kappa shape index (κ3) is 5.26. The summed E-state index contributed by atoms with van der Waals surface area (Å²) in [5, 5.41) is 14.9. The summed E-state index contributed by atoms with van der Waals surface area (Å²) in [6.07, 6.45) is 1.19. The molecule has 2 heterocycles. The summed E-state index contributed by atoms with van der Waals surface area (Å²) >= 11 is 0. The molecule has 2 unspecified atom stereocenters. The first-order valence-corrected chi connectivity index (χ1v) is 12.6. The van der Waals surface area contributed by atoms with Gasteiger partial charge < -0.3 is 19.4 Å². The monoisotopic (exact) mass is 519 g/mol. The van der Waals surface area contributed by atoms with E-state index in [-0.39, 0.29) is 5.69 Å². The molecule has 200 valence electrons. The number of hydrogen-bond donors (Lipinski definition) is 1. The second-order valence-corrected chi connectivity index (χ2v) is 9.11.